The molecule has 3 saturated carbocycles. The van der Waals surface area contributed by atoms with Gasteiger partial charge < -0.3 is 14.2 Å². The molecule has 2 unspecified atom stereocenters. The third-order valence-electron chi connectivity index (χ3n) is 4.94. The molecule has 2 bridgehead atoms. The maximum atomic E-state index is 5.92. The van der Waals surface area contributed by atoms with Gasteiger partial charge in [-0.25, -0.2) is 0 Å². The van der Waals surface area contributed by atoms with Crippen LogP contribution in [0.3, 0.4) is 0 Å². The summed E-state index contributed by atoms with van der Waals surface area (Å²) in [5, 5.41) is 0. The highest BCUT2D eigenvalue weighted by atomic mass is 16.7. The van der Waals surface area contributed by atoms with Crippen LogP contribution < -0.4 is 0 Å². The van der Waals surface area contributed by atoms with E-state index in [4.69, 9.17) is 14.2 Å². The average molecular weight is 212 g/mol. The van der Waals surface area contributed by atoms with Gasteiger partial charge in [-0.05, 0) is 30.1 Å². The van der Waals surface area contributed by atoms with E-state index in [-0.39, 0.29) is 5.60 Å². The molecule has 1 saturated heterocycles. The van der Waals surface area contributed by atoms with Gasteiger partial charge in [-0.1, -0.05) is 13.8 Å². The molecular formula is C12H20O3. The van der Waals surface area contributed by atoms with Crippen LogP contribution >= 0.6 is 0 Å². The summed E-state index contributed by atoms with van der Waals surface area (Å²) in [6.45, 7) is 5.85. The zero-order valence-electron chi connectivity index (χ0n) is 9.79. The van der Waals surface area contributed by atoms with Gasteiger partial charge in [0, 0.05) is 7.11 Å². The van der Waals surface area contributed by atoms with E-state index in [0.29, 0.717) is 30.8 Å². The largest absolute Gasteiger partial charge is 0.363 e. The monoisotopic (exact) mass is 212 g/mol. The van der Waals surface area contributed by atoms with Crippen LogP contribution in [0.4, 0.5) is 0 Å². The number of ether oxygens (including phenoxy) is 3. The molecule has 15 heavy (non-hydrogen) atoms. The molecule has 0 radical (unpaired) electrons. The summed E-state index contributed by atoms with van der Waals surface area (Å²) in [4.78, 5) is 0. The highest BCUT2D eigenvalue weighted by Gasteiger charge is 2.74. The molecule has 1 aliphatic heterocycles. The zero-order valence-corrected chi connectivity index (χ0v) is 9.79. The molecule has 1 heterocycles. The van der Waals surface area contributed by atoms with Crippen molar-refractivity contribution in [2.24, 2.45) is 17.3 Å². The van der Waals surface area contributed by atoms with E-state index in [9.17, 15) is 0 Å². The van der Waals surface area contributed by atoms with Gasteiger partial charge in [-0.3, -0.25) is 0 Å². The van der Waals surface area contributed by atoms with Gasteiger partial charge in [0.1, 0.15) is 12.4 Å². The van der Waals surface area contributed by atoms with E-state index in [1.54, 1.807) is 7.11 Å². The van der Waals surface area contributed by atoms with Crippen LogP contribution in [0.2, 0.25) is 0 Å². The zero-order chi connectivity index (χ0) is 10.7. The Morgan fingerprint density at radius 2 is 2.13 bits per heavy atom. The van der Waals surface area contributed by atoms with Crippen molar-refractivity contribution in [3.8, 4) is 0 Å². The van der Waals surface area contributed by atoms with Crippen LogP contribution in [0.1, 0.15) is 26.7 Å². The quantitative estimate of drug-likeness (QED) is 0.404. The van der Waals surface area contributed by atoms with Crippen molar-refractivity contribution < 1.29 is 14.2 Å². The first-order valence-electron chi connectivity index (χ1n) is 5.86. The van der Waals surface area contributed by atoms with Crippen LogP contribution in [0.15, 0.2) is 0 Å². The van der Waals surface area contributed by atoms with Crippen molar-refractivity contribution in [2.75, 3.05) is 20.5 Å². The summed E-state index contributed by atoms with van der Waals surface area (Å²) in [6, 6.07) is 0. The lowest BCUT2D eigenvalue weighted by atomic mass is 9.45. The summed E-state index contributed by atoms with van der Waals surface area (Å²) < 4.78 is 16.3. The van der Waals surface area contributed by atoms with E-state index in [1.165, 1.54) is 12.8 Å². The SMILES string of the molecule is COCOCC12OC1C[C@@H]1C[C@H]2C1(C)C. The third-order valence-corrected chi connectivity index (χ3v) is 4.94. The number of hydrogen-bond acceptors (Lipinski definition) is 3. The number of epoxide rings is 1. The molecule has 0 N–H and O–H groups in total. The summed E-state index contributed by atoms with van der Waals surface area (Å²) >= 11 is 0. The normalized spacial score (nSPS) is 49.4. The van der Waals surface area contributed by atoms with Crippen LogP contribution in [-0.2, 0) is 14.2 Å². The topological polar surface area (TPSA) is 31.0 Å². The third kappa shape index (κ3) is 1.17. The highest BCUT2D eigenvalue weighted by molar-refractivity contribution is 5.22. The Hall–Kier alpha value is -0.120. The van der Waals surface area contributed by atoms with Crippen molar-refractivity contribution in [3.05, 3.63) is 0 Å². The minimum absolute atomic E-state index is 0.0524. The Morgan fingerprint density at radius 1 is 1.33 bits per heavy atom. The fourth-order valence-corrected chi connectivity index (χ4v) is 3.80. The second-order valence-electron chi connectivity index (χ2n) is 5.86. The first-order valence-corrected chi connectivity index (χ1v) is 5.86. The minimum atomic E-state index is 0.0524. The first-order chi connectivity index (χ1) is 7.11. The van der Waals surface area contributed by atoms with Gasteiger partial charge in [0.2, 0.25) is 0 Å². The van der Waals surface area contributed by atoms with Crippen molar-refractivity contribution >= 4 is 0 Å². The van der Waals surface area contributed by atoms with Gasteiger partial charge in [-0.15, -0.1) is 0 Å². The Balaban J connectivity index is 1.67. The summed E-state index contributed by atoms with van der Waals surface area (Å²) in [5.74, 6) is 1.58. The van der Waals surface area contributed by atoms with Crippen LogP contribution in [0.25, 0.3) is 0 Å². The Kier molecular flexibility index (Phi) is 1.99. The van der Waals surface area contributed by atoms with E-state index < -0.39 is 0 Å². The fourth-order valence-electron chi connectivity index (χ4n) is 3.80. The van der Waals surface area contributed by atoms with Crippen molar-refractivity contribution in [1.29, 1.82) is 0 Å². The van der Waals surface area contributed by atoms with Gasteiger partial charge in [0.15, 0.2) is 0 Å². The van der Waals surface area contributed by atoms with Crippen LogP contribution in [-0.4, -0.2) is 32.2 Å². The molecule has 0 spiro atoms. The first kappa shape index (κ1) is 10.1. The van der Waals surface area contributed by atoms with Gasteiger partial charge in [0.25, 0.3) is 0 Å². The molecule has 0 aromatic heterocycles. The summed E-state index contributed by atoms with van der Waals surface area (Å²) in [6.07, 6.45) is 3.05. The van der Waals surface area contributed by atoms with Gasteiger partial charge >= 0.3 is 0 Å². The molecule has 86 valence electrons. The Bertz CT molecular complexity index is 276. The predicted octanol–water partition coefficient (Wildman–Crippen LogP) is 1.81. The second kappa shape index (κ2) is 2.96. The predicted molar refractivity (Wildman–Crippen MR) is 55.4 cm³/mol. The molecule has 4 aliphatic rings. The van der Waals surface area contributed by atoms with Crippen molar-refractivity contribution in [2.45, 2.75) is 38.4 Å². The second-order valence-corrected chi connectivity index (χ2v) is 5.86. The van der Waals surface area contributed by atoms with Crippen molar-refractivity contribution in [3.63, 3.8) is 0 Å². The molecular weight excluding hydrogens is 192 g/mol. The van der Waals surface area contributed by atoms with E-state index in [1.807, 2.05) is 0 Å². The summed E-state index contributed by atoms with van der Waals surface area (Å²) in [7, 11) is 1.66. The van der Waals surface area contributed by atoms with E-state index in [2.05, 4.69) is 13.8 Å². The lowest BCUT2D eigenvalue weighted by Crippen LogP contribution is -2.58. The lowest BCUT2D eigenvalue weighted by Gasteiger charge is -2.57. The fraction of sp³-hybridized carbons (Fsp3) is 1.00. The summed E-state index contributed by atoms with van der Waals surface area (Å²) in [5.41, 5.74) is 0.514. The maximum absolute atomic E-state index is 5.92. The smallest absolute Gasteiger partial charge is 0.146 e. The Labute approximate surface area is 91.1 Å². The van der Waals surface area contributed by atoms with Crippen molar-refractivity contribution in [1.82, 2.24) is 0 Å². The lowest BCUT2D eigenvalue weighted by molar-refractivity contribution is -0.125. The van der Waals surface area contributed by atoms with Crippen LogP contribution in [0, 0.1) is 17.3 Å². The molecule has 4 fully saturated rings. The maximum Gasteiger partial charge on any atom is 0.146 e. The molecule has 0 aromatic rings. The number of hydrogen-bond donors (Lipinski definition) is 0. The average Bonchev–Trinajstić information content (AvgIpc) is 2.91. The van der Waals surface area contributed by atoms with Gasteiger partial charge in [0.05, 0.1) is 12.7 Å². The molecule has 4 rings (SSSR count). The highest BCUT2D eigenvalue weighted by Crippen LogP contribution is 2.70. The van der Waals surface area contributed by atoms with E-state index >= 15 is 0 Å². The van der Waals surface area contributed by atoms with E-state index in [0.717, 1.165) is 5.92 Å². The molecule has 3 heteroatoms. The molecule has 3 nitrogen and oxygen atoms in total. The molecule has 0 aromatic carbocycles. The standard InChI is InChI=1S/C12H20O3/c1-11(2)8-4-9(11)12(6-14-7-13-3)10(5-8)15-12/h8-10H,4-7H2,1-3H3/t8-,9-,10?,12?/m0/s1. The molecule has 0 amide bonds. The van der Waals surface area contributed by atoms with Crippen LogP contribution in [0.5, 0.6) is 0 Å². The minimum Gasteiger partial charge on any atom is -0.363 e. The molecule has 3 aliphatic carbocycles. The Morgan fingerprint density at radius 3 is 2.80 bits per heavy atom. The number of rotatable bonds is 4. The number of methoxy groups -OCH3 is 1. The molecule has 4 atom stereocenters. The van der Waals surface area contributed by atoms with Gasteiger partial charge in [-0.2, -0.15) is 0 Å².